The third-order valence-corrected chi connectivity index (χ3v) is 3.88. The van der Waals surface area contributed by atoms with Crippen LogP contribution in [0.25, 0.3) is 0 Å². The van der Waals surface area contributed by atoms with Gasteiger partial charge in [0, 0.05) is 12.1 Å². The van der Waals surface area contributed by atoms with Gasteiger partial charge in [0.05, 0.1) is 11.4 Å². The van der Waals surface area contributed by atoms with Crippen molar-refractivity contribution in [3.8, 4) is 11.5 Å². The number of benzene rings is 1. The van der Waals surface area contributed by atoms with Gasteiger partial charge in [-0.3, -0.25) is 19.7 Å². The first-order valence-electron chi connectivity index (χ1n) is 6.75. The lowest BCUT2D eigenvalue weighted by molar-refractivity contribution is -0.126. The van der Waals surface area contributed by atoms with E-state index in [-0.39, 0.29) is 36.3 Å². The molecule has 0 saturated carbocycles. The van der Waals surface area contributed by atoms with Crippen molar-refractivity contribution in [1.82, 2.24) is 10.2 Å². The molecule has 3 rings (SSSR count). The molecule has 1 saturated heterocycles. The lowest BCUT2D eigenvalue weighted by atomic mass is 10.1. The third kappa shape index (κ3) is 2.37. The molecule has 1 aromatic carbocycles. The van der Waals surface area contributed by atoms with Crippen molar-refractivity contribution in [2.45, 2.75) is 19.4 Å². The van der Waals surface area contributed by atoms with Gasteiger partial charge in [-0.25, -0.2) is 0 Å². The Kier molecular flexibility index (Phi) is 3.66. The fourth-order valence-electron chi connectivity index (χ4n) is 2.55. The minimum atomic E-state index is -0.797. The molecule has 116 valence electrons. The van der Waals surface area contributed by atoms with Gasteiger partial charge >= 0.3 is 0 Å². The third-order valence-electron chi connectivity index (χ3n) is 3.60. The summed E-state index contributed by atoms with van der Waals surface area (Å²) >= 11 is 6.07. The van der Waals surface area contributed by atoms with Gasteiger partial charge in [-0.2, -0.15) is 0 Å². The van der Waals surface area contributed by atoms with Gasteiger partial charge in [-0.15, -0.1) is 0 Å². The van der Waals surface area contributed by atoms with E-state index in [0.29, 0.717) is 11.5 Å². The Balaban J connectivity index is 1.90. The van der Waals surface area contributed by atoms with Crippen LogP contribution in [0.3, 0.4) is 0 Å². The van der Waals surface area contributed by atoms with Crippen LogP contribution in [0.2, 0.25) is 5.02 Å². The van der Waals surface area contributed by atoms with Crippen LogP contribution in [-0.4, -0.2) is 42.0 Å². The van der Waals surface area contributed by atoms with E-state index in [9.17, 15) is 14.4 Å². The van der Waals surface area contributed by atoms with Crippen LogP contribution >= 0.6 is 11.6 Å². The lowest BCUT2D eigenvalue weighted by Gasteiger charge is -2.25. The van der Waals surface area contributed by atoms with Crippen molar-refractivity contribution >= 4 is 29.3 Å². The van der Waals surface area contributed by atoms with E-state index in [4.69, 9.17) is 21.1 Å². The zero-order valence-corrected chi connectivity index (χ0v) is 12.5. The molecule has 1 fully saturated rings. The van der Waals surface area contributed by atoms with E-state index in [2.05, 4.69) is 5.32 Å². The summed E-state index contributed by atoms with van der Waals surface area (Å²) in [5.41, 5.74) is 0.281. The molecule has 8 heteroatoms. The van der Waals surface area contributed by atoms with E-state index in [0.717, 1.165) is 0 Å². The van der Waals surface area contributed by atoms with Crippen LogP contribution < -0.4 is 14.8 Å². The lowest BCUT2D eigenvalue weighted by Crippen LogP contribution is -2.44. The number of hydrogen-bond donors (Lipinski definition) is 1. The summed E-state index contributed by atoms with van der Waals surface area (Å²) in [5, 5.41) is 2.46. The summed E-state index contributed by atoms with van der Waals surface area (Å²) in [6.07, 6.45) is -0.0311. The molecule has 7 nitrogen and oxygen atoms in total. The Morgan fingerprint density at radius 3 is 2.82 bits per heavy atom. The predicted octanol–water partition coefficient (Wildman–Crippen LogP) is 0.946. The van der Waals surface area contributed by atoms with E-state index in [1.807, 2.05) is 0 Å². The molecule has 1 atom stereocenters. The largest absolute Gasteiger partial charge is 0.454 e. The first kappa shape index (κ1) is 14.6. The van der Waals surface area contributed by atoms with Crippen molar-refractivity contribution in [2.24, 2.45) is 0 Å². The number of nitrogens with zero attached hydrogens (tertiary/aromatic N) is 1. The highest BCUT2D eigenvalue weighted by Crippen LogP contribution is 2.40. The number of amides is 3. The standard InChI is InChI=1S/C14H13ClN2O5/c1-2-17(9-5-11(18)16-13(9)19)14(20)7-3-8(15)12-10(4-7)21-6-22-12/h3-4,9H,2,5-6H2,1H3,(H,16,18,19)/t9-/m1/s1. The number of likely N-dealkylation sites (N-methyl/N-ethyl adjacent to an activating group) is 1. The summed E-state index contributed by atoms with van der Waals surface area (Å²) in [4.78, 5) is 37.1. The van der Waals surface area contributed by atoms with Crippen LogP contribution in [0.1, 0.15) is 23.7 Å². The topological polar surface area (TPSA) is 84.9 Å². The van der Waals surface area contributed by atoms with E-state index in [1.165, 1.54) is 17.0 Å². The number of imide groups is 1. The fourth-order valence-corrected chi connectivity index (χ4v) is 2.82. The van der Waals surface area contributed by atoms with Crippen LogP contribution in [0.5, 0.6) is 11.5 Å². The molecule has 1 N–H and O–H groups in total. The normalized spacial score (nSPS) is 19.3. The molecule has 2 aliphatic rings. The zero-order valence-electron chi connectivity index (χ0n) is 11.7. The smallest absolute Gasteiger partial charge is 0.254 e. The van der Waals surface area contributed by atoms with Crippen molar-refractivity contribution < 1.29 is 23.9 Å². The maximum Gasteiger partial charge on any atom is 0.254 e. The number of carbonyl (C=O) groups is 3. The van der Waals surface area contributed by atoms with Gasteiger partial charge in [-0.05, 0) is 19.1 Å². The molecule has 0 aromatic heterocycles. The second kappa shape index (κ2) is 5.49. The number of rotatable bonds is 3. The molecule has 0 aliphatic carbocycles. The van der Waals surface area contributed by atoms with Crippen LogP contribution in [0.15, 0.2) is 12.1 Å². The van der Waals surface area contributed by atoms with Crippen molar-refractivity contribution in [3.63, 3.8) is 0 Å². The van der Waals surface area contributed by atoms with Crippen LogP contribution in [0.4, 0.5) is 0 Å². The Morgan fingerprint density at radius 1 is 1.41 bits per heavy atom. The van der Waals surface area contributed by atoms with Crippen molar-refractivity contribution in [3.05, 3.63) is 22.7 Å². The SMILES string of the molecule is CCN(C(=O)c1cc(Cl)c2c(c1)OCO2)[C@@H]1CC(=O)NC1=O. The predicted molar refractivity (Wildman–Crippen MR) is 75.8 cm³/mol. The molecule has 2 heterocycles. The second-order valence-corrected chi connectivity index (χ2v) is 5.32. The second-order valence-electron chi connectivity index (χ2n) is 4.92. The Hall–Kier alpha value is -2.28. The van der Waals surface area contributed by atoms with E-state index in [1.54, 1.807) is 6.92 Å². The molecular weight excluding hydrogens is 312 g/mol. The highest BCUT2D eigenvalue weighted by atomic mass is 35.5. The maximum atomic E-state index is 12.6. The summed E-state index contributed by atoms with van der Waals surface area (Å²) in [5.74, 6) is -0.455. The Labute approximate surface area is 131 Å². The molecule has 3 amide bonds. The highest BCUT2D eigenvalue weighted by molar-refractivity contribution is 6.32. The first-order valence-corrected chi connectivity index (χ1v) is 7.13. The number of nitrogens with one attached hydrogen (secondary N) is 1. The number of carbonyl (C=O) groups excluding carboxylic acids is 3. The molecule has 1 aromatic rings. The maximum absolute atomic E-state index is 12.6. The van der Waals surface area contributed by atoms with Crippen LogP contribution in [0, 0.1) is 0 Å². The zero-order chi connectivity index (χ0) is 15.9. The van der Waals surface area contributed by atoms with Crippen molar-refractivity contribution in [1.29, 1.82) is 0 Å². The number of ether oxygens (including phenoxy) is 2. The fraction of sp³-hybridized carbons (Fsp3) is 0.357. The van der Waals surface area contributed by atoms with Crippen molar-refractivity contribution in [2.75, 3.05) is 13.3 Å². The summed E-state index contributed by atoms with van der Waals surface area (Å²) in [7, 11) is 0. The average molecular weight is 325 g/mol. The summed E-state index contributed by atoms with van der Waals surface area (Å²) in [6.45, 7) is 2.07. The molecule has 0 bridgehead atoms. The summed E-state index contributed by atoms with van der Waals surface area (Å²) < 4.78 is 10.4. The molecular formula is C14H13ClN2O5. The van der Waals surface area contributed by atoms with E-state index < -0.39 is 17.9 Å². The minimum Gasteiger partial charge on any atom is -0.454 e. The quantitative estimate of drug-likeness (QED) is 0.837. The van der Waals surface area contributed by atoms with Gasteiger partial charge in [0.1, 0.15) is 6.04 Å². The molecule has 0 spiro atoms. The molecule has 22 heavy (non-hydrogen) atoms. The molecule has 0 radical (unpaired) electrons. The van der Waals surface area contributed by atoms with Gasteiger partial charge in [0.2, 0.25) is 18.6 Å². The summed E-state index contributed by atoms with van der Waals surface area (Å²) in [6, 6.07) is 2.19. The molecule has 0 unspecified atom stereocenters. The van der Waals surface area contributed by atoms with Gasteiger partial charge < -0.3 is 14.4 Å². The Morgan fingerprint density at radius 2 is 2.18 bits per heavy atom. The first-order chi connectivity index (χ1) is 10.5. The monoisotopic (exact) mass is 324 g/mol. The Bertz CT molecular complexity index is 675. The van der Waals surface area contributed by atoms with Gasteiger partial charge in [0.25, 0.3) is 5.91 Å². The minimum absolute atomic E-state index is 0.0311. The van der Waals surface area contributed by atoms with Gasteiger partial charge in [0.15, 0.2) is 11.5 Å². The number of fused-ring (bicyclic) bond motifs is 1. The highest BCUT2D eigenvalue weighted by Gasteiger charge is 2.37. The number of halogens is 1. The van der Waals surface area contributed by atoms with Crippen LogP contribution in [-0.2, 0) is 9.59 Å². The van der Waals surface area contributed by atoms with E-state index >= 15 is 0 Å². The molecule has 2 aliphatic heterocycles. The van der Waals surface area contributed by atoms with Gasteiger partial charge in [-0.1, -0.05) is 11.6 Å². The number of hydrogen-bond acceptors (Lipinski definition) is 5. The average Bonchev–Trinajstić information content (AvgIpc) is 3.06.